The molecule has 0 fully saturated rings. The minimum Gasteiger partial charge on any atom is -0.386 e. The molecule has 31 heavy (non-hydrogen) atoms. The van der Waals surface area contributed by atoms with Crippen molar-refractivity contribution in [1.82, 2.24) is 0 Å². The van der Waals surface area contributed by atoms with Crippen LogP contribution < -0.4 is 10.0 Å². The van der Waals surface area contributed by atoms with E-state index in [1.54, 1.807) is 18.2 Å². The summed E-state index contributed by atoms with van der Waals surface area (Å²) in [6, 6.07) is 14.2. The number of hydrogen-bond donors (Lipinski definition) is 3. The van der Waals surface area contributed by atoms with E-state index < -0.39 is 50.5 Å². The summed E-state index contributed by atoms with van der Waals surface area (Å²) in [5.41, 5.74) is -1.01. The van der Waals surface area contributed by atoms with Gasteiger partial charge in [-0.2, -0.15) is 0 Å². The van der Waals surface area contributed by atoms with Crippen molar-refractivity contribution in [3.8, 4) is 0 Å². The van der Waals surface area contributed by atoms with Crippen LogP contribution in [0.25, 0.3) is 0 Å². The number of nitro groups is 1. The Labute approximate surface area is 176 Å². The van der Waals surface area contributed by atoms with E-state index in [2.05, 4.69) is 10.0 Å². The number of para-hydroxylation sites is 1. The van der Waals surface area contributed by atoms with Gasteiger partial charge >= 0.3 is 0 Å². The number of sulfonamides is 1. The molecule has 0 aliphatic heterocycles. The first-order chi connectivity index (χ1) is 14.7. The standard InChI is InChI=1S/C20H17F2N3O5S/c21-15-7-4-8-16(22)20(15)19(26)12-23-17-10-9-14(11-18(17)25(27)28)31(29,30)24-13-5-2-1-3-6-13/h1-11,19,23-24,26H,12H2. The quantitative estimate of drug-likeness (QED) is 0.355. The molecule has 0 radical (unpaired) electrons. The summed E-state index contributed by atoms with van der Waals surface area (Å²) in [7, 11) is -4.10. The SMILES string of the molecule is O=[N+]([O-])c1cc(S(=O)(=O)Nc2ccccc2)ccc1NCC(O)c1c(F)cccc1F. The summed E-state index contributed by atoms with van der Waals surface area (Å²) in [6.45, 7) is -0.451. The Kier molecular flexibility index (Phi) is 6.47. The molecule has 3 N–H and O–H groups in total. The summed E-state index contributed by atoms with van der Waals surface area (Å²) in [6.07, 6.45) is -1.64. The number of aliphatic hydroxyl groups excluding tert-OH is 1. The van der Waals surface area contributed by atoms with Crippen LogP contribution in [0.5, 0.6) is 0 Å². The van der Waals surface area contributed by atoms with Crippen LogP contribution in [0, 0.1) is 21.7 Å². The molecule has 162 valence electrons. The maximum absolute atomic E-state index is 13.8. The van der Waals surface area contributed by atoms with Crippen molar-refractivity contribution >= 4 is 27.1 Å². The fraction of sp³-hybridized carbons (Fsp3) is 0.100. The lowest BCUT2D eigenvalue weighted by molar-refractivity contribution is -0.384. The van der Waals surface area contributed by atoms with Crippen molar-refractivity contribution < 1.29 is 27.2 Å². The molecule has 1 atom stereocenters. The summed E-state index contributed by atoms with van der Waals surface area (Å²) in [5.74, 6) is -1.92. The Hall–Kier alpha value is -3.57. The second-order valence-corrected chi connectivity index (χ2v) is 8.12. The van der Waals surface area contributed by atoms with Gasteiger partial charge in [0.25, 0.3) is 15.7 Å². The van der Waals surface area contributed by atoms with Crippen molar-refractivity contribution in [2.45, 2.75) is 11.0 Å². The van der Waals surface area contributed by atoms with E-state index in [0.29, 0.717) is 0 Å². The fourth-order valence-electron chi connectivity index (χ4n) is 2.84. The summed E-state index contributed by atoms with van der Waals surface area (Å²) >= 11 is 0. The number of hydrogen-bond acceptors (Lipinski definition) is 6. The Balaban J connectivity index is 1.83. The zero-order chi connectivity index (χ0) is 22.6. The van der Waals surface area contributed by atoms with Crippen LogP contribution in [0.1, 0.15) is 11.7 Å². The number of nitrogens with zero attached hydrogens (tertiary/aromatic N) is 1. The first kappa shape index (κ1) is 22.1. The second kappa shape index (κ2) is 9.06. The van der Waals surface area contributed by atoms with Crippen LogP contribution in [-0.2, 0) is 10.0 Å². The second-order valence-electron chi connectivity index (χ2n) is 6.44. The first-order valence-corrected chi connectivity index (χ1v) is 10.4. The molecular formula is C20H17F2N3O5S. The third kappa shape index (κ3) is 5.13. The molecule has 0 amide bonds. The van der Waals surface area contributed by atoms with E-state index in [0.717, 1.165) is 36.4 Å². The predicted molar refractivity (Wildman–Crippen MR) is 110 cm³/mol. The van der Waals surface area contributed by atoms with Crippen LogP contribution in [0.15, 0.2) is 71.6 Å². The first-order valence-electron chi connectivity index (χ1n) is 8.91. The van der Waals surface area contributed by atoms with Gasteiger partial charge in [-0.1, -0.05) is 24.3 Å². The van der Waals surface area contributed by atoms with Crippen molar-refractivity contribution in [3.63, 3.8) is 0 Å². The van der Waals surface area contributed by atoms with E-state index in [9.17, 15) is 32.4 Å². The Morgan fingerprint density at radius 3 is 2.26 bits per heavy atom. The van der Waals surface area contributed by atoms with Crippen LogP contribution in [0.3, 0.4) is 0 Å². The van der Waals surface area contributed by atoms with E-state index in [4.69, 9.17) is 0 Å². The van der Waals surface area contributed by atoms with Gasteiger partial charge in [0.1, 0.15) is 23.4 Å². The number of benzene rings is 3. The van der Waals surface area contributed by atoms with Crippen molar-refractivity contribution in [3.05, 3.63) is 94.0 Å². The summed E-state index contributed by atoms with van der Waals surface area (Å²) in [4.78, 5) is 10.3. The maximum atomic E-state index is 13.8. The zero-order valence-corrected chi connectivity index (χ0v) is 16.6. The van der Waals surface area contributed by atoms with E-state index in [1.807, 2.05) is 0 Å². The third-order valence-electron chi connectivity index (χ3n) is 4.32. The van der Waals surface area contributed by atoms with Gasteiger partial charge in [0.2, 0.25) is 0 Å². The number of anilines is 2. The zero-order valence-electron chi connectivity index (χ0n) is 15.8. The number of aliphatic hydroxyl groups is 1. The molecule has 3 aromatic carbocycles. The van der Waals surface area contributed by atoms with Crippen molar-refractivity contribution in [2.75, 3.05) is 16.6 Å². The molecule has 0 aromatic heterocycles. The van der Waals surface area contributed by atoms with Gasteiger partial charge in [-0.05, 0) is 36.4 Å². The molecule has 3 rings (SSSR count). The summed E-state index contributed by atoms with van der Waals surface area (Å²) < 4.78 is 55.0. The molecule has 0 heterocycles. The van der Waals surface area contributed by atoms with Crippen LogP contribution in [0.4, 0.5) is 25.8 Å². The molecule has 0 saturated carbocycles. The molecule has 0 spiro atoms. The van der Waals surface area contributed by atoms with Crippen LogP contribution in [-0.4, -0.2) is 25.0 Å². The van der Waals surface area contributed by atoms with Crippen LogP contribution in [0.2, 0.25) is 0 Å². The van der Waals surface area contributed by atoms with Crippen molar-refractivity contribution in [2.24, 2.45) is 0 Å². The topological polar surface area (TPSA) is 122 Å². The molecule has 0 saturated heterocycles. The van der Waals surface area contributed by atoms with Gasteiger partial charge < -0.3 is 10.4 Å². The smallest absolute Gasteiger partial charge is 0.293 e. The molecule has 0 aliphatic rings. The molecule has 3 aromatic rings. The predicted octanol–water partition coefficient (Wildman–Crippen LogP) is 3.82. The van der Waals surface area contributed by atoms with Crippen molar-refractivity contribution in [1.29, 1.82) is 0 Å². The number of nitro benzene ring substituents is 1. The lowest BCUT2D eigenvalue weighted by Crippen LogP contribution is -2.16. The summed E-state index contributed by atoms with van der Waals surface area (Å²) in [5, 5.41) is 24.1. The highest BCUT2D eigenvalue weighted by molar-refractivity contribution is 7.92. The molecule has 1 unspecified atom stereocenters. The largest absolute Gasteiger partial charge is 0.386 e. The number of rotatable bonds is 8. The normalized spacial score (nSPS) is 12.2. The lowest BCUT2D eigenvalue weighted by atomic mass is 10.1. The Morgan fingerprint density at radius 1 is 1.00 bits per heavy atom. The highest BCUT2D eigenvalue weighted by atomic mass is 32.2. The third-order valence-corrected chi connectivity index (χ3v) is 5.70. The van der Waals surface area contributed by atoms with Gasteiger partial charge in [-0.25, -0.2) is 17.2 Å². The fourth-order valence-corrected chi connectivity index (χ4v) is 3.92. The van der Waals surface area contributed by atoms with E-state index >= 15 is 0 Å². The Morgan fingerprint density at radius 2 is 1.65 bits per heavy atom. The van der Waals surface area contributed by atoms with Gasteiger partial charge in [0, 0.05) is 18.3 Å². The molecule has 11 heteroatoms. The molecular weight excluding hydrogens is 432 g/mol. The van der Waals surface area contributed by atoms with Gasteiger partial charge in [-0.3, -0.25) is 14.8 Å². The number of nitrogens with one attached hydrogen (secondary N) is 2. The number of halogens is 2. The average Bonchev–Trinajstić information content (AvgIpc) is 2.72. The van der Waals surface area contributed by atoms with Gasteiger partial charge in [0.15, 0.2) is 0 Å². The highest BCUT2D eigenvalue weighted by Crippen LogP contribution is 2.30. The lowest BCUT2D eigenvalue weighted by Gasteiger charge is -2.15. The van der Waals surface area contributed by atoms with Gasteiger partial charge in [-0.15, -0.1) is 0 Å². The highest BCUT2D eigenvalue weighted by Gasteiger charge is 2.23. The molecule has 0 bridgehead atoms. The molecule has 8 nitrogen and oxygen atoms in total. The minimum atomic E-state index is -4.10. The van der Waals surface area contributed by atoms with E-state index in [1.165, 1.54) is 12.1 Å². The minimum absolute atomic E-state index is 0.126. The molecule has 0 aliphatic carbocycles. The van der Waals surface area contributed by atoms with Crippen LogP contribution >= 0.6 is 0 Å². The van der Waals surface area contributed by atoms with Gasteiger partial charge in [0.05, 0.1) is 15.4 Å². The maximum Gasteiger partial charge on any atom is 0.293 e. The Bertz CT molecular complexity index is 1190. The van der Waals surface area contributed by atoms with E-state index in [-0.39, 0.29) is 16.3 Å². The monoisotopic (exact) mass is 449 g/mol. The average molecular weight is 449 g/mol.